The van der Waals surface area contributed by atoms with E-state index in [2.05, 4.69) is 0 Å². The molecule has 1 unspecified atom stereocenters. The van der Waals surface area contributed by atoms with Gasteiger partial charge in [0.25, 0.3) is 0 Å². The minimum Gasteiger partial charge on any atom is -0.224 e. The molecule has 1 aliphatic heterocycles. The number of hydrogen-bond donors (Lipinski definition) is 0. The normalized spacial score (nSPS) is 20.6. The van der Waals surface area contributed by atoms with Crippen molar-refractivity contribution in [2.75, 3.05) is 5.75 Å². The van der Waals surface area contributed by atoms with Crippen molar-refractivity contribution >= 4 is 9.84 Å². The molecule has 18 heavy (non-hydrogen) atoms. The summed E-state index contributed by atoms with van der Waals surface area (Å²) in [6.07, 6.45) is 0. The summed E-state index contributed by atoms with van der Waals surface area (Å²) in [4.78, 5) is 0.402. The fourth-order valence-corrected chi connectivity index (χ4v) is 4.27. The molecule has 0 radical (unpaired) electrons. The predicted octanol–water partition coefficient (Wildman–Crippen LogP) is 2.74. The molecule has 0 amide bonds. The lowest BCUT2D eigenvalue weighted by molar-refractivity contribution is 0.599. The highest BCUT2D eigenvalue weighted by Crippen LogP contribution is 2.38. The van der Waals surface area contributed by atoms with Crippen LogP contribution in [0.15, 0.2) is 53.4 Å². The summed E-state index contributed by atoms with van der Waals surface area (Å²) in [6, 6.07) is 13.0. The summed E-state index contributed by atoms with van der Waals surface area (Å²) in [7, 11) is -3.21. The van der Waals surface area contributed by atoms with E-state index in [0.717, 1.165) is 11.1 Å². The van der Waals surface area contributed by atoms with Crippen molar-refractivity contribution in [3.8, 4) is 0 Å². The lowest BCUT2D eigenvalue weighted by Crippen LogP contribution is -2.04. The van der Waals surface area contributed by atoms with Gasteiger partial charge in [-0.1, -0.05) is 30.3 Å². The molecule has 1 atom stereocenters. The molecule has 1 aliphatic rings. The zero-order valence-electron chi connectivity index (χ0n) is 9.51. The van der Waals surface area contributed by atoms with Crippen LogP contribution in [0.25, 0.3) is 0 Å². The van der Waals surface area contributed by atoms with Crippen molar-refractivity contribution in [3.05, 3.63) is 65.5 Å². The van der Waals surface area contributed by atoms with Crippen LogP contribution in [-0.2, 0) is 9.84 Å². The summed E-state index contributed by atoms with van der Waals surface area (Å²) in [6.45, 7) is 0. The molecule has 2 nitrogen and oxygen atoms in total. The Morgan fingerprint density at radius 3 is 2.39 bits per heavy atom. The minimum atomic E-state index is -3.21. The summed E-state index contributed by atoms with van der Waals surface area (Å²) in [5.41, 5.74) is 1.65. The second-order valence-electron chi connectivity index (χ2n) is 4.42. The van der Waals surface area contributed by atoms with Gasteiger partial charge in [-0.15, -0.1) is 0 Å². The van der Waals surface area contributed by atoms with Crippen molar-refractivity contribution in [2.45, 2.75) is 10.8 Å². The molecule has 0 aliphatic carbocycles. The van der Waals surface area contributed by atoms with Gasteiger partial charge < -0.3 is 0 Å². The first-order valence-corrected chi connectivity index (χ1v) is 7.30. The first-order valence-electron chi connectivity index (χ1n) is 5.65. The quantitative estimate of drug-likeness (QED) is 0.792. The molecule has 0 aromatic heterocycles. The van der Waals surface area contributed by atoms with E-state index in [-0.39, 0.29) is 17.5 Å². The Morgan fingerprint density at radius 2 is 1.67 bits per heavy atom. The van der Waals surface area contributed by atoms with Crippen LogP contribution in [0.1, 0.15) is 17.0 Å². The van der Waals surface area contributed by atoms with Gasteiger partial charge in [0.2, 0.25) is 0 Å². The molecule has 0 saturated heterocycles. The monoisotopic (exact) mass is 262 g/mol. The molecule has 2 aromatic carbocycles. The van der Waals surface area contributed by atoms with E-state index in [1.54, 1.807) is 24.3 Å². The van der Waals surface area contributed by atoms with Gasteiger partial charge in [0.1, 0.15) is 5.82 Å². The molecular formula is C14H11FO2S. The maximum absolute atomic E-state index is 12.9. The van der Waals surface area contributed by atoms with Crippen molar-refractivity contribution in [1.82, 2.24) is 0 Å². The Balaban J connectivity index is 2.14. The van der Waals surface area contributed by atoms with Gasteiger partial charge in [0.05, 0.1) is 10.6 Å². The van der Waals surface area contributed by atoms with Crippen molar-refractivity contribution in [2.24, 2.45) is 0 Å². The maximum atomic E-state index is 12.9. The summed E-state index contributed by atoms with van der Waals surface area (Å²) >= 11 is 0. The number of fused-ring (bicyclic) bond motifs is 1. The highest BCUT2D eigenvalue weighted by atomic mass is 32.2. The Kier molecular flexibility index (Phi) is 2.48. The van der Waals surface area contributed by atoms with Crippen LogP contribution in [0, 0.1) is 5.82 Å². The number of benzene rings is 2. The van der Waals surface area contributed by atoms with Crippen molar-refractivity contribution in [1.29, 1.82) is 0 Å². The summed E-state index contributed by atoms with van der Waals surface area (Å²) < 4.78 is 37.0. The maximum Gasteiger partial charge on any atom is 0.179 e. The zero-order chi connectivity index (χ0) is 12.8. The zero-order valence-corrected chi connectivity index (χ0v) is 10.3. The number of hydrogen-bond acceptors (Lipinski definition) is 2. The van der Waals surface area contributed by atoms with Gasteiger partial charge in [0.15, 0.2) is 9.84 Å². The van der Waals surface area contributed by atoms with E-state index >= 15 is 0 Å². The van der Waals surface area contributed by atoms with Gasteiger partial charge in [0, 0.05) is 5.92 Å². The van der Waals surface area contributed by atoms with Gasteiger partial charge >= 0.3 is 0 Å². The molecular weight excluding hydrogens is 251 g/mol. The smallest absolute Gasteiger partial charge is 0.179 e. The third-order valence-electron chi connectivity index (χ3n) is 3.29. The summed E-state index contributed by atoms with van der Waals surface area (Å²) in [5, 5.41) is 0. The van der Waals surface area contributed by atoms with Gasteiger partial charge in [-0.3, -0.25) is 0 Å². The van der Waals surface area contributed by atoms with Crippen LogP contribution >= 0.6 is 0 Å². The topological polar surface area (TPSA) is 34.1 Å². The Bertz CT molecular complexity index is 690. The summed E-state index contributed by atoms with van der Waals surface area (Å²) in [5.74, 6) is -0.433. The molecule has 1 heterocycles. The third kappa shape index (κ3) is 1.73. The van der Waals surface area contributed by atoms with Crippen LogP contribution in [0.2, 0.25) is 0 Å². The lowest BCUT2D eigenvalue weighted by Gasteiger charge is -2.09. The standard InChI is InChI=1S/C14H11FO2S/c15-11-7-5-10(6-8-11)13-9-18(16,17)14-4-2-1-3-12(13)14/h1-8,13H,9H2. The SMILES string of the molecule is O=S1(=O)CC(c2ccc(F)cc2)c2ccccc21. The number of rotatable bonds is 1. The highest BCUT2D eigenvalue weighted by molar-refractivity contribution is 7.91. The first kappa shape index (κ1) is 11.4. The highest BCUT2D eigenvalue weighted by Gasteiger charge is 2.34. The molecule has 0 N–H and O–H groups in total. The molecule has 3 rings (SSSR count). The second kappa shape index (κ2) is 3.92. The fraction of sp³-hybridized carbons (Fsp3) is 0.143. The van der Waals surface area contributed by atoms with Crippen molar-refractivity contribution in [3.63, 3.8) is 0 Å². The van der Waals surface area contributed by atoms with Gasteiger partial charge in [-0.25, -0.2) is 12.8 Å². The number of halogens is 1. The third-order valence-corrected chi connectivity index (χ3v) is 5.10. The average molecular weight is 262 g/mol. The molecule has 2 aromatic rings. The molecule has 0 spiro atoms. The van der Waals surface area contributed by atoms with Crippen LogP contribution in [0.4, 0.5) is 4.39 Å². The molecule has 0 bridgehead atoms. The van der Waals surface area contributed by atoms with Crippen LogP contribution in [-0.4, -0.2) is 14.2 Å². The van der Waals surface area contributed by atoms with E-state index < -0.39 is 9.84 Å². The second-order valence-corrected chi connectivity index (χ2v) is 6.43. The fourth-order valence-electron chi connectivity index (χ4n) is 2.42. The minimum absolute atomic E-state index is 0.0674. The van der Waals surface area contributed by atoms with Crippen LogP contribution < -0.4 is 0 Å². The van der Waals surface area contributed by atoms with E-state index in [0.29, 0.717) is 4.90 Å². The van der Waals surface area contributed by atoms with E-state index in [4.69, 9.17) is 0 Å². The van der Waals surface area contributed by atoms with Gasteiger partial charge in [-0.2, -0.15) is 0 Å². The van der Waals surface area contributed by atoms with E-state index in [9.17, 15) is 12.8 Å². The van der Waals surface area contributed by atoms with Crippen LogP contribution in [0.5, 0.6) is 0 Å². The Morgan fingerprint density at radius 1 is 1.00 bits per heavy atom. The van der Waals surface area contributed by atoms with E-state index in [1.807, 2.05) is 12.1 Å². The molecule has 4 heteroatoms. The molecule has 0 saturated carbocycles. The average Bonchev–Trinajstić information content (AvgIpc) is 2.63. The van der Waals surface area contributed by atoms with E-state index in [1.165, 1.54) is 12.1 Å². The van der Waals surface area contributed by atoms with Crippen molar-refractivity contribution < 1.29 is 12.8 Å². The van der Waals surface area contributed by atoms with Crippen LogP contribution in [0.3, 0.4) is 0 Å². The Hall–Kier alpha value is -1.68. The Labute approximate surface area is 105 Å². The first-order chi connectivity index (χ1) is 8.58. The number of sulfone groups is 1. The lowest BCUT2D eigenvalue weighted by atomic mass is 9.93. The largest absolute Gasteiger partial charge is 0.224 e. The molecule has 92 valence electrons. The van der Waals surface area contributed by atoms with Gasteiger partial charge in [-0.05, 0) is 29.3 Å². The molecule has 0 fully saturated rings. The predicted molar refractivity (Wildman–Crippen MR) is 66.7 cm³/mol.